The highest BCUT2D eigenvalue weighted by atomic mass is 16.5. The quantitative estimate of drug-likeness (QED) is 0.442. The molecular weight excluding hydrogens is 468 g/mol. The molecule has 0 saturated carbocycles. The number of nitrogens with one attached hydrogen (secondary N) is 3. The number of carbonyl (C=O) groups excluding carboxylic acids is 3. The SMILES string of the molecule is CCOc1ccc(CC(=O)NC(C)C(=O)NC2NC(c3ccccc3)c3ccccc3N(C)C2=O)cc1. The van der Waals surface area contributed by atoms with Gasteiger partial charge in [-0.2, -0.15) is 0 Å². The normalized spacial score (nSPS) is 17.8. The number of hydrogen-bond donors (Lipinski definition) is 3. The molecule has 0 bridgehead atoms. The Morgan fingerprint density at radius 2 is 1.68 bits per heavy atom. The van der Waals surface area contributed by atoms with Crippen LogP contribution < -0.4 is 25.6 Å². The second-order valence-electron chi connectivity index (χ2n) is 8.95. The predicted molar refractivity (Wildman–Crippen MR) is 142 cm³/mol. The van der Waals surface area contributed by atoms with E-state index in [1.54, 1.807) is 18.9 Å². The third-order valence-electron chi connectivity index (χ3n) is 6.31. The molecule has 1 aliphatic rings. The molecule has 8 nitrogen and oxygen atoms in total. The fourth-order valence-electron chi connectivity index (χ4n) is 4.38. The molecule has 0 aromatic heterocycles. The molecule has 3 atom stereocenters. The lowest BCUT2D eigenvalue weighted by Gasteiger charge is -2.25. The first-order chi connectivity index (χ1) is 17.9. The fourth-order valence-corrected chi connectivity index (χ4v) is 4.38. The summed E-state index contributed by atoms with van der Waals surface area (Å²) in [5, 5.41) is 8.83. The van der Waals surface area contributed by atoms with E-state index in [2.05, 4.69) is 16.0 Å². The van der Waals surface area contributed by atoms with E-state index in [0.717, 1.165) is 28.1 Å². The van der Waals surface area contributed by atoms with Crippen molar-refractivity contribution in [2.24, 2.45) is 0 Å². The first-order valence-corrected chi connectivity index (χ1v) is 12.4. The summed E-state index contributed by atoms with van der Waals surface area (Å²) in [4.78, 5) is 40.5. The van der Waals surface area contributed by atoms with Crippen molar-refractivity contribution in [3.05, 3.63) is 95.6 Å². The number of nitrogens with zero attached hydrogens (tertiary/aromatic N) is 1. The highest BCUT2D eigenvalue weighted by molar-refractivity contribution is 6.01. The molecule has 3 unspecified atom stereocenters. The van der Waals surface area contributed by atoms with Crippen molar-refractivity contribution in [1.29, 1.82) is 0 Å². The Kier molecular flexibility index (Phi) is 8.20. The van der Waals surface area contributed by atoms with E-state index >= 15 is 0 Å². The zero-order valence-electron chi connectivity index (χ0n) is 21.2. The smallest absolute Gasteiger partial charge is 0.264 e. The monoisotopic (exact) mass is 500 g/mol. The minimum absolute atomic E-state index is 0.124. The average Bonchev–Trinajstić information content (AvgIpc) is 3.01. The third-order valence-corrected chi connectivity index (χ3v) is 6.31. The summed E-state index contributed by atoms with van der Waals surface area (Å²) < 4.78 is 5.43. The van der Waals surface area contributed by atoms with Crippen LogP contribution in [0.4, 0.5) is 5.69 Å². The molecule has 1 heterocycles. The molecule has 3 amide bonds. The highest BCUT2D eigenvalue weighted by Gasteiger charge is 2.35. The molecule has 3 aromatic rings. The van der Waals surface area contributed by atoms with Crippen LogP contribution >= 0.6 is 0 Å². The molecule has 8 heteroatoms. The molecule has 1 aliphatic heterocycles. The Morgan fingerprint density at radius 3 is 2.38 bits per heavy atom. The second-order valence-corrected chi connectivity index (χ2v) is 8.95. The Morgan fingerprint density at radius 1 is 1.00 bits per heavy atom. The van der Waals surface area contributed by atoms with Gasteiger partial charge in [0.25, 0.3) is 5.91 Å². The zero-order valence-corrected chi connectivity index (χ0v) is 21.2. The van der Waals surface area contributed by atoms with Crippen LogP contribution in [0.3, 0.4) is 0 Å². The number of carbonyl (C=O) groups is 3. The van der Waals surface area contributed by atoms with Crippen molar-refractivity contribution in [2.45, 2.75) is 38.5 Å². The molecule has 0 radical (unpaired) electrons. The number of anilines is 1. The van der Waals surface area contributed by atoms with Crippen LogP contribution in [0.15, 0.2) is 78.9 Å². The van der Waals surface area contributed by atoms with Gasteiger partial charge in [-0.1, -0.05) is 60.7 Å². The minimum atomic E-state index is -0.986. The number of benzene rings is 3. The summed E-state index contributed by atoms with van der Waals surface area (Å²) in [5.74, 6) is -0.316. The molecule has 192 valence electrons. The van der Waals surface area contributed by atoms with Gasteiger partial charge < -0.3 is 20.3 Å². The van der Waals surface area contributed by atoms with Crippen molar-refractivity contribution >= 4 is 23.4 Å². The van der Waals surface area contributed by atoms with Crippen LogP contribution in [0.1, 0.15) is 36.6 Å². The van der Waals surface area contributed by atoms with Crippen molar-refractivity contribution in [1.82, 2.24) is 16.0 Å². The van der Waals surface area contributed by atoms with E-state index in [1.807, 2.05) is 85.8 Å². The number of likely N-dealkylation sites (N-methyl/N-ethyl adjacent to an activating group) is 1. The van der Waals surface area contributed by atoms with Gasteiger partial charge in [0.2, 0.25) is 11.8 Å². The molecule has 37 heavy (non-hydrogen) atoms. The van der Waals surface area contributed by atoms with Crippen LogP contribution in [0, 0.1) is 0 Å². The van der Waals surface area contributed by atoms with Gasteiger partial charge in [0.05, 0.1) is 19.1 Å². The molecule has 0 spiro atoms. The van der Waals surface area contributed by atoms with Crippen molar-refractivity contribution < 1.29 is 19.1 Å². The maximum Gasteiger partial charge on any atom is 0.264 e. The number of ether oxygens (including phenoxy) is 1. The Labute approximate surface area is 217 Å². The predicted octanol–water partition coefficient (Wildman–Crippen LogP) is 2.93. The van der Waals surface area contributed by atoms with Gasteiger partial charge in [-0.05, 0) is 48.7 Å². The Balaban J connectivity index is 1.44. The maximum atomic E-state index is 13.3. The number of fused-ring (bicyclic) bond motifs is 1. The second kappa shape index (κ2) is 11.7. The van der Waals surface area contributed by atoms with E-state index in [0.29, 0.717) is 6.61 Å². The maximum absolute atomic E-state index is 13.3. The van der Waals surface area contributed by atoms with Gasteiger partial charge in [-0.15, -0.1) is 0 Å². The average molecular weight is 501 g/mol. The number of para-hydroxylation sites is 1. The first-order valence-electron chi connectivity index (χ1n) is 12.4. The van der Waals surface area contributed by atoms with Crippen molar-refractivity contribution in [3.8, 4) is 5.75 Å². The number of rotatable bonds is 8. The topological polar surface area (TPSA) is 99.8 Å². The van der Waals surface area contributed by atoms with Gasteiger partial charge >= 0.3 is 0 Å². The fraction of sp³-hybridized carbons (Fsp3) is 0.276. The molecule has 0 saturated heterocycles. The standard InChI is InChI=1S/C29H32N4O4/c1-4-37-22-16-14-20(15-17-22)18-25(34)30-19(2)28(35)32-27-29(36)33(3)24-13-9-8-12-23(24)26(31-27)21-10-6-5-7-11-21/h5-17,19,26-27,31H,4,18H2,1-3H3,(H,30,34)(H,32,35). The summed E-state index contributed by atoms with van der Waals surface area (Å²) in [6, 6.07) is 23.5. The highest BCUT2D eigenvalue weighted by Crippen LogP contribution is 2.33. The lowest BCUT2D eigenvalue weighted by molar-refractivity contribution is -0.131. The van der Waals surface area contributed by atoms with Crippen LogP contribution in [-0.4, -0.2) is 43.6 Å². The van der Waals surface area contributed by atoms with Crippen molar-refractivity contribution in [3.63, 3.8) is 0 Å². The summed E-state index contributed by atoms with van der Waals surface area (Å²) in [6.07, 6.45) is -0.862. The largest absolute Gasteiger partial charge is 0.494 e. The summed E-state index contributed by atoms with van der Waals surface area (Å²) in [5.41, 5.74) is 3.47. The molecule has 4 rings (SSSR count). The van der Waals surface area contributed by atoms with Crippen molar-refractivity contribution in [2.75, 3.05) is 18.6 Å². The van der Waals surface area contributed by atoms with E-state index < -0.39 is 18.1 Å². The van der Waals surface area contributed by atoms with Crippen LogP contribution in [0.5, 0.6) is 5.75 Å². The van der Waals surface area contributed by atoms with E-state index in [-0.39, 0.29) is 24.3 Å². The van der Waals surface area contributed by atoms with Gasteiger partial charge in [0, 0.05) is 12.7 Å². The van der Waals surface area contributed by atoms with E-state index in [9.17, 15) is 14.4 Å². The molecule has 3 N–H and O–H groups in total. The molecule has 3 aromatic carbocycles. The summed E-state index contributed by atoms with van der Waals surface area (Å²) in [6.45, 7) is 4.07. The molecule has 0 fully saturated rings. The van der Waals surface area contributed by atoms with Crippen LogP contribution in [0.2, 0.25) is 0 Å². The summed E-state index contributed by atoms with van der Waals surface area (Å²) in [7, 11) is 1.69. The zero-order chi connectivity index (χ0) is 26.4. The summed E-state index contributed by atoms with van der Waals surface area (Å²) >= 11 is 0. The number of amides is 3. The number of hydrogen-bond acceptors (Lipinski definition) is 5. The molecule has 0 aliphatic carbocycles. The Hall–Kier alpha value is -4.17. The van der Waals surface area contributed by atoms with E-state index in [1.165, 1.54) is 0 Å². The lowest BCUT2D eigenvalue weighted by atomic mass is 9.97. The van der Waals surface area contributed by atoms with Gasteiger partial charge in [0.15, 0.2) is 6.17 Å². The van der Waals surface area contributed by atoms with E-state index in [4.69, 9.17) is 4.74 Å². The molecular formula is C29H32N4O4. The van der Waals surface area contributed by atoms with Crippen LogP contribution in [0.25, 0.3) is 0 Å². The third kappa shape index (κ3) is 6.16. The van der Waals surface area contributed by atoms with Gasteiger partial charge in [-0.3, -0.25) is 19.7 Å². The van der Waals surface area contributed by atoms with Crippen LogP contribution in [-0.2, 0) is 20.8 Å². The minimum Gasteiger partial charge on any atom is -0.494 e. The first kappa shape index (κ1) is 25.9. The van der Waals surface area contributed by atoms with Gasteiger partial charge in [0.1, 0.15) is 11.8 Å². The lowest BCUT2D eigenvalue weighted by Crippen LogP contribution is -2.58. The van der Waals surface area contributed by atoms with Gasteiger partial charge in [-0.25, -0.2) is 0 Å². The Bertz CT molecular complexity index is 1250.